The number of rotatable bonds is 2. The van der Waals surface area contributed by atoms with Gasteiger partial charge >= 0.3 is 5.97 Å². The van der Waals surface area contributed by atoms with Crippen LogP contribution < -0.4 is 4.90 Å². The number of carboxylic acids is 1. The lowest BCUT2D eigenvalue weighted by atomic mass is 10.1. The van der Waals surface area contributed by atoms with Gasteiger partial charge in [0.25, 0.3) is 0 Å². The molecule has 74 valence electrons. The Hall–Kier alpha value is -1.58. The summed E-state index contributed by atoms with van der Waals surface area (Å²) in [6.45, 7) is 1.71. The molecule has 0 bridgehead atoms. The Morgan fingerprint density at radius 2 is 2.14 bits per heavy atom. The summed E-state index contributed by atoms with van der Waals surface area (Å²) in [5.41, 5.74) is 0.662. The summed E-state index contributed by atoms with van der Waals surface area (Å²) in [5.74, 6) is -1.59. The molecular weight excluding hydrogens is 185 g/mol. The van der Waals surface area contributed by atoms with Gasteiger partial charge in [0.1, 0.15) is 5.82 Å². The maximum absolute atomic E-state index is 12.8. The molecule has 0 radical (unpaired) electrons. The molecule has 0 unspecified atom stereocenters. The second-order valence-electron chi connectivity index (χ2n) is 3.31. The fourth-order valence-corrected chi connectivity index (χ4v) is 1.51. The minimum absolute atomic E-state index is 0.0460. The van der Waals surface area contributed by atoms with E-state index in [4.69, 9.17) is 5.11 Å². The third kappa shape index (κ3) is 1.43. The molecule has 0 atom stereocenters. The topological polar surface area (TPSA) is 40.5 Å². The highest BCUT2D eigenvalue weighted by Crippen LogP contribution is 2.25. The van der Waals surface area contributed by atoms with Crippen molar-refractivity contribution < 1.29 is 14.3 Å². The molecule has 3 nitrogen and oxygen atoms in total. The molecular formula is C10H10FNO2. The second kappa shape index (κ2) is 3.29. The van der Waals surface area contributed by atoms with Crippen molar-refractivity contribution in [2.75, 3.05) is 18.0 Å². The molecule has 0 aromatic heterocycles. The maximum atomic E-state index is 12.8. The first-order chi connectivity index (χ1) is 6.68. The number of nitrogens with zero attached hydrogens (tertiary/aromatic N) is 1. The summed E-state index contributed by atoms with van der Waals surface area (Å²) in [4.78, 5) is 12.8. The summed E-state index contributed by atoms with van der Waals surface area (Å²) in [7, 11) is 0. The zero-order valence-corrected chi connectivity index (χ0v) is 7.53. The van der Waals surface area contributed by atoms with Crippen molar-refractivity contribution >= 4 is 11.7 Å². The molecule has 0 spiro atoms. The summed E-state index contributed by atoms with van der Waals surface area (Å²) in [5, 5.41) is 8.87. The third-order valence-electron chi connectivity index (χ3n) is 2.39. The molecule has 14 heavy (non-hydrogen) atoms. The quantitative estimate of drug-likeness (QED) is 0.781. The van der Waals surface area contributed by atoms with Crippen LogP contribution in [0.5, 0.6) is 0 Å². The maximum Gasteiger partial charge on any atom is 0.337 e. The minimum atomic E-state index is -1.08. The highest BCUT2D eigenvalue weighted by Gasteiger charge is 2.20. The average Bonchev–Trinajstić information content (AvgIpc) is 2.04. The van der Waals surface area contributed by atoms with Gasteiger partial charge in [-0.05, 0) is 24.6 Å². The van der Waals surface area contributed by atoms with Gasteiger partial charge in [-0.25, -0.2) is 9.18 Å². The lowest BCUT2D eigenvalue weighted by Gasteiger charge is -2.34. The van der Waals surface area contributed by atoms with Crippen LogP contribution in [-0.2, 0) is 0 Å². The number of anilines is 1. The fourth-order valence-electron chi connectivity index (χ4n) is 1.51. The van der Waals surface area contributed by atoms with Crippen LogP contribution in [-0.4, -0.2) is 24.2 Å². The van der Waals surface area contributed by atoms with Gasteiger partial charge in [0.05, 0.1) is 11.3 Å². The van der Waals surface area contributed by atoms with E-state index in [2.05, 4.69) is 0 Å². The van der Waals surface area contributed by atoms with Crippen LogP contribution in [0.2, 0.25) is 0 Å². The number of hydrogen-bond donors (Lipinski definition) is 1. The number of hydrogen-bond acceptors (Lipinski definition) is 2. The van der Waals surface area contributed by atoms with Crippen molar-refractivity contribution in [3.63, 3.8) is 0 Å². The van der Waals surface area contributed by atoms with Gasteiger partial charge in [-0.1, -0.05) is 0 Å². The minimum Gasteiger partial charge on any atom is -0.478 e. The van der Waals surface area contributed by atoms with E-state index in [9.17, 15) is 9.18 Å². The van der Waals surface area contributed by atoms with Gasteiger partial charge in [-0.3, -0.25) is 0 Å². The Morgan fingerprint density at radius 3 is 2.64 bits per heavy atom. The zero-order chi connectivity index (χ0) is 10.1. The van der Waals surface area contributed by atoms with Gasteiger partial charge in [-0.2, -0.15) is 0 Å². The second-order valence-corrected chi connectivity index (χ2v) is 3.31. The molecule has 1 aliphatic heterocycles. The van der Waals surface area contributed by atoms with Crippen LogP contribution in [0.3, 0.4) is 0 Å². The molecule has 1 saturated heterocycles. The molecule has 1 N–H and O–H groups in total. The number of carboxylic acid groups (broad SMARTS) is 1. The standard InChI is InChI=1S/C10H10FNO2/c11-7-2-3-9(12-4-1-5-12)8(6-7)10(13)14/h2-3,6H,1,4-5H2,(H,13,14). The van der Waals surface area contributed by atoms with Crippen LogP contribution in [0.4, 0.5) is 10.1 Å². The van der Waals surface area contributed by atoms with Gasteiger partial charge in [-0.15, -0.1) is 0 Å². The lowest BCUT2D eigenvalue weighted by molar-refractivity contribution is 0.0697. The van der Waals surface area contributed by atoms with Crippen molar-refractivity contribution in [2.24, 2.45) is 0 Å². The number of benzene rings is 1. The van der Waals surface area contributed by atoms with Crippen molar-refractivity contribution in [1.82, 2.24) is 0 Å². The Balaban J connectivity index is 2.41. The van der Waals surface area contributed by atoms with E-state index < -0.39 is 11.8 Å². The Labute approximate surface area is 80.8 Å². The van der Waals surface area contributed by atoms with Crippen molar-refractivity contribution in [1.29, 1.82) is 0 Å². The molecule has 1 aromatic rings. The van der Waals surface area contributed by atoms with E-state index in [0.29, 0.717) is 5.69 Å². The highest BCUT2D eigenvalue weighted by atomic mass is 19.1. The predicted octanol–water partition coefficient (Wildman–Crippen LogP) is 1.73. The van der Waals surface area contributed by atoms with Crippen LogP contribution in [0, 0.1) is 5.82 Å². The molecule has 0 amide bonds. The van der Waals surface area contributed by atoms with Crippen LogP contribution in [0.15, 0.2) is 18.2 Å². The molecule has 2 rings (SSSR count). The van der Waals surface area contributed by atoms with E-state index in [-0.39, 0.29) is 5.56 Å². The lowest BCUT2D eigenvalue weighted by Crippen LogP contribution is -2.38. The van der Waals surface area contributed by atoms with Crippen molar-refractivity contribution in [2.45, 2.75) is 6.42 Å². The van der Waals surface area contributed by atoms with Gasteiger partial charge in [0.2, 0.25) is 0 Å². The first-order valence-electron chi connectivity index (χ1n) is 4.46. The van der Waals surface area contributed by atoms with Gasteiger partial charge in [0, 0.05) is 13.1 Å². The van der Waals surface area contributed by atoms with E-state index >= 15 is 0 Å². The number of halogens is 1. The number of carbonyl (C=O) groups is 1. The first kappa shape index (κ1) is 8.99. The molecule has 1 aliphatic rings. The van der Waals surface area contributed by atoms with Crippen molar-refractivity contribution in [3.05, 3.63) is 29.6 Å². The molecule has 1 aromatic carbocycles. The van der Waals surface area contributed by atoms with Crippen LogP contribution >= 0.6 is 0 Å². The van der Waals surface area contributed by atoms with Gasteiger partial charge in [0.15, 0.2) is 0 Å². The molecule has 0 saturated carbocycles. The summed E-state index contributed by atoms with van der Waals surface area (Å²) >= 11 is 0. The smallest absolute Gasteiger partial charge is 0.337 e. The van der Waals surface area contributed by atoms with E-state index in [1.54, 1.807) is 0 Å². The third-order valence-corrected chi connectivity index (χ3v) is 2.39. The average molecular weight is 195 g/mol. The Kier molecular flexibility index (Phi) is 2.11. The fraction of sp³-hybridized carbons (Fsp3) is 0.300. The summed E-state index contributed by atoms with van der Waals surface area (Å²) in [6.07, 6.45) is 1.07. The SMILES string of the molecule is O=C(O)c1cc(F)ccc1N1CCC1. The normalized spacial score (nSPS) is 15.1. The summed E-state index contributed by atoms with van der Waals surface area (Å²) in [6, 6.07) is 3.88. The number of aromatic carboxylic acids is 1. The summed E-state index contributed by atoms with van der Waals surface area (Å²) < 4.78 is 12.8. The van der Waals surface area contributed by atoms with Gasteiger partial charge < -0.3 is 10.0 Å². The molecule has 4 heteroatoms. The monoisotopic (exact) mass is 195 g/mol. The largest absolute Gasteiger partial charge is 0.478 e. The van der Waals surface area contributed by atoms with Crippen LogP contribution in [0.25, 0.3) is 0 Å². The van der Waals surface area contributed by atoms with E-state index in [1.165, 1.54) is 12.1 Å². The van der Waals surface area contributed by atoms with Crippen molar-refractivity contribution in [3.8, 4) is 0 Å². The van der Waals surface area contributed by atoms with E-state index in [0.717, 1.165) is 25.6 Å². The predicted molar refractivity (Wildman–Crippen MR) is 50.2 cm³/mol. The molecule has 1 heterocycles. The van der Waals surface area contributed by atoms with Crippen LogP contribution in [0.1, 0.15) is 16.8 Å². The highest BCUT2D eigenvalue weighted by molar-refractivity contribution is 5.94. The molecule has 0 aliphatic carbocycles. The van der Waals surface area contributed by atoms with E-state index in [1.807, 2.05) is 4.90 Å². The Bertz CT molecular complexity index is 374. The molecule has 1 fully saturated rings. The Morgan fingerprint density at radius 1 is 1.43 bits per heavy atom. The first-order valence-corrected chi connectivity index (χ1v) is 4.46. The zero-order valence-electron chi connectivity index (χ0n) is 7.53.